The quantitative estimate of drug-likeness (QED) is 0.751. The van der Waals surface area contributed by atoms with Gasteiger partial charge in [0.15, 0.2) is 0 Å². The lowest BCUT2D eigenvalue weighted by Gasteiger charge is -2.12. The minimum absolute atomic E-state index is 0.0398. The summed E-state index contributed by atoms with van der Waals surface area (Å²) in [6.07, 6.45) is 1.84. The number of rotatable bonds is 7. The minimum atomic E-state index is -3.44. The van der Waals surface area contributed by atoms with E-state index < -0.39 is 10.0 Å². The molecule has 1 N–H and O–H groups in total. The summed E-state index contributed by atoms with van der Waals surface area (Å²) in [7, 11) is -1.80. The van der Waals surface area contributed by atoms with Crippen LogP contribution in [0.5, 0.6) is 0 Å². The Morgan fingerprint density at radius 3 is 2.79 bits per heavy atom. The molecule has 1 saturated heterocycles. The minimum Gasteiger partial charge on any atom is -0.447 e. The summed E-state index contributed by atoms with van der Waals surface area (Å²) >= 11 is 0. The second-order valence-electron chi connectivity index (χ2n) is 4.50. The summed E-state index contributed by atoms with van der Waals surface area (Å²) in [6.45, 7) is 2.98. The topological polar surface area (TPSA) is 71.8 Å². The van der Waals surface area contributed by atoms with Crippen molar-refractivity contribution in [1.29, 1.82) is 0 Å². The Morgan fingerprint density at radius 2 is 2.11 bits per heavy atom. The highest BCUT2D eigenvalue weighted by atomic mass is 32.2. The Bertz CT molecular complexity index is 492. The fraction of sp³-hybridized carbons (Fsp3) is 0.667. The monoisotopic (exact) mass is 288 g/mol. The van der Waals surface area contributed by atoms with Gasteiger partial charge in [-0.2, -0.15) is 4.31 Å². The highest BCUT2D eigenvalue weighted by Crippen LogP contribution is 2.22. The number of nitrogens with one attached hydrogen (secondary N) is 1. The van der Waals surface area contributed by atoms with Crippen molar-refractivity contribution < 1.29 is 17.6 Å². The lowest BCUT2D eigenvalue weighted by Crippen LogP contribution is -2.27. The van der Waals surface area contributed by atoms with E-state index >= 15 is 0 Å². The predicted molar refractivity (Wildman–Crippen MR) is 70.3 cm³/mol. The molecule has 0 spiro atoms. The Hall–Kier alpha value is -0.890. The van der Waals surface area contributed by atoms with Gasteiger partial charge in [-0.1, -0.05) is 0 Å². The van der Waals surface area contributed by atoms with E-state index in [1.807, 2.05) is 0 Å². The maximum atomic E-state index is 12.2. The third kappa shape index (κ3) is 3.56. The van der Waals surface area contributed by atoms with Crippen molar-refractivity contribution in [2.75, 3.05) is 33.4 Å². The van der Waals surface area contributed by atoms with Crippen LogP contribution in [0.4, 0.5) is 0 Å². The van der Waals surface area contributed by atoms with Crippen LogP contribution < -0.4 is 5.32 Å². The van der Waals surface area contributed by atoms with Crippen LogP contribution in [0.2, 0.25) is 0 Å². The molecular formula is C12H20N2O4S. The molecule has 0 bridgehead atoms. The summed E-state index contributed by atoms with van der Waals surface area (Å²) in [5.74, 6) is 0.619. The number of furan rings is 1. The van der Waals surface area contributed by atoms with Crippen molar-refractivity contribution >= 4 is 10.0 Å². The van der Waals surface area contributed by atoms with Crippen LogP contribution in [0, 0.1) is 0 Å². The summed E-state index contributed by atoms with van der Waals surface area (Å²) in [4.78, 5) is 0. The first-order valence-electron chi connectivity index (χ1n) is 6.43. The van der Waals surface area contributed by atoms with Gasteiger partial charge in [-0.15, -0.1) is 0 Å². The molecule has 0 atom stereocenters. The van der Waals surface area contributed by atoms with E-state index in [2.05, 4.69) is 5.32 Å². The van der Waals surface area contributed by atoms with Crippen LogP contribution >= 0.6 is 0 Å². The number of methoxy groups -OCH3 is 1. The molecule has 2 rings (SSSR count). The van der Waals surface area contributed by atoms with Crippen molar-refractivity contribution in [2.24, 2.45) is 0 Å². The normalized spacial score (nSPS) is 17.1. The summed E-state index contributed by atoms with van der Waals surface area (Å²) < 4.78 is 36.2. The van der Waals surface area contributed by atoms with E-state index in [9.17, 15) is 8.42 Å². The molecule has 1 aliphatic rings. The van der Waals surface area contributed by atoms with Crippen LogP contribution in [0.3, 0.4) is 0 Å². The van der Waals surface area contributed by atoms with Gasteiger partial charge in [0.05, 0.1) is 13.2 Å². The first kappa shape index (κ1) is 14.5. The molecule has 108 valence electrons. The molecule has 1 aromatic heterocycles. The maximum absolute atomic E-state index is 12.2. The van der Waals surface area contributed by atoms with Crippen molar-refractivity contribution in [3.05, 3.63) is 17.9 Å². The number of sulfonamides is 1. The van der Waals surface area contributed by atoms with Gasteiger partial charge in [0.1, 0.15) is 5.76 Å². The van der Waals surface area contributed by atoms with Gasteiger partial charge in [0.2, 0.25) is 5.09 Å². The van der Waals surface area contributed by atoms with Crippen molar-refractivity contribution in [1.82, 2.24) is 9.62 Å². The molecule has 1 aromatic rings. The number of ether oxygens (including phenoxy) is 1. The molecular weight excluding hydrogens is 268 g/mol. The molecule has 2 heterocycles. The summed E-state index contributed by atoms with van der Waals surface area (Å²) in [5.41, 5.74) is 0. The average Bonchev–Trinajstić information content (AvgIpc) is 3.05. The number of hydrogen-bond donors (Lipinski definition) is 1. The average molecular weight is 288 g/mol. The van der Waals surface area contributed by atoms with Crippen LogP contribution in [0.1, 0.15) is 18.6 Å². The predicted octanol–water partition coefficient (Wildman–Crippen LogP) is 0.800. The van der Waals surface area contributed by atoms with Gasteiger partial charge in [-0.3, -0.25) is 0 Å². The third-order valence-electron chi connectivity index (χ3n) is 3.08. The van der Waals surface area contributed by atoms with Crippen LogP contribution in [-0.2, 0) is 21.3 Å². The van der Waals surface area contributed by atoms with E-state index in [0.717, 1.165) is 12.8 Å². The maximum Gasteiger partial charge on any atom is 0.276 e. The van der Waals surface area contributed by atoms with E-state index in [-0.39, 0.29) is 5.09 Å². The molecule has 0 aromatic carbocycles. The lowest BCUT2D eigenvalue weighted by atomic mass is 10.4. The first-order chi connectivity index (χ1) is 9.14. The van der Waals surface area contributed by atoms with E-state index in [1.54, 1.807) is 13.2 Å². The van der Waals surface area contributed by atoms with Crippen molar-refractivity contribution in [3.8, 4) is 0 Å². The second-order valence-corrected chi connectivity index (χ2v) is 6.37. The fourth-order valence-electron chi connectivity index (χ4n) is 2.03. The molecule has 6 nitrogen and oxygen atoms in total. The van der Waals surface area contributed by atoms with E-state index in [4.69, 9.17) is 9.15 Å². The highest BCUT2D eigenvalue weighted by molar-refractivity contribution is 7.89. The zero-order valence-electron chi connectivity index (χ0n) is 11.1. The van der Waals surface area contributed by atoms with Crippen LogP contribution in [0.15, 0.2) is 21.6 Å². The largest absolute Gasteiger partial charge is 0.447 e. The van der Waals surface area contributed by atoms with Gasteiger partial charge in [-0.05, 0) is 25.0 Å². The lowest BCUT2D eigenvalue weighted by molar-refractivity contribution is 0.198. The van der Waals surface area contributed by atoms with E-state index in [0.29, 0.717) is 38.5 Å². The SMILES string of the molecule is COCCNCc1ccc(S(=O)(=O)N2CCCC2)o1. The van der Waals surface area contributed by atoms with Crippen LogP contribution in [0.25, 0.3) is 0 Å². The fourth-order valence-corrected chi connectivity index (χ4v) is 3.48. The Morgan fingerprint density at radius 1 is 1.37 bits per heavy atom. The van der Waals surface area contributed by atoms with Crippen molar-refractivity contribution in [3.63, 3.8) is 0 Å². The molecule has 1 aliphatic heterocycles. The first-order valence-corrected chi connectivity index (χ1v) is 7.87. The number of nitrogens with zero attached hydrogens (tertiary/aromatic N) is 1. The molecule has 0 amide bonds. The third-order valence-corrected chi connectivity index (χ3v) is 4.85. The molecule has 0 radical (unpaired) electrons. The Kier molecular flexibility index (Phi) is 4.98. The Balaban J connectivity index is 1.96. The molecule has 0 aliphatic carbocycles. The van der Waals surface area contributed by atoms with Crippen LogP contribution in [-0.4, -0.2) is 46.1 Å². The highest BCUT2D eigenvalue weighted by Gasteiger charge is 2.29. The molecule has 7 heteroatoms. The second kappa shape index (κ2) is 6.51. The molecule has 1 fully saturated rings. The smallest absolute Gasteiger partial charge is 0.276 e. The van der Waals surface area contributed by atoms with Crippen molar-refractivity contribution in [2.45, 2.75) is 24.5 Å². The zero-order valence-corrected chi connectivity index (χ0v) is 11.9. The summed E-state index contributed by atoms with van der Waals surface area (Å²) in [5, 5.41) is 3.15. The molecule has 19 heavy (non-hydrogen) atoms. The Labute approximate surface area is 113 Å². The van der Waals surface area contributed by atoms with E-state index in [1.165, 1.54) is 10.4 Å². The number of hydrogen-bond acceptors (Lipinski definition) is 5. The molecule has 0 unspecified atom stereocenters. The van der Waals surface area contributed by atoms with Gasteiger partial charge >= 0.3 is 0 Å². The standard InChI is InChI=1S/C12H20N2O4S/c1-17-9-6-13-10-11-4-5-12(18-11)19(15,16)14-7-2-3-8-14/h4-5,13H,2-3,6-10H2,1H3. The molecule has 0 saturated carbocycles. The zero-order chi connectivity index (χ0) is 13.7. The summed E-state index contributed by atoms with van der Waals surface area (Å²) in [6, 6.07) is 3.23. The van der Waals surface area contributed by atoms with Gasteiger partial charge < -0.3 is 14.5 Å². The van der Waals surface area contributed by atoms with Gasteiger partial charge in [0, 0.05) is 26.7 Å². The van der Waals surface area contributed by atoms with Gasteiger partial charge in [0.25, 0.3) is 10.0 Å². The van der Waals surface area contributed by atoms with Gasteiger partial charge in [-0.25, -0.2) is 8.42 Å².